The van der Waals surface area contributed by atoms with Gasteiger partial charge >= 0.3 is 0 Å². The zero-order chi connectivity index (χ0) is 29.7. The Balaban J connectivity index is 1.18. The monoisotopic (exact) mass is 578 g/mol. The largest absolute Gasteiger partial charge is 0.456 e. The second-order valence-corrected chi connectivity index (χ2v) is 11.4. The van der Waals surface area contributed by atoms with Crippen LogP contribution < -0.4 is 4.74 Å². The maximum atomic E-state index is 6.31. The summed E-state index contributed by atoms with van der Waals surface area (Å²) in [5, 5.41) is 2.18. The molecule has 1 aliphatic carbocycles. The van der Waals surface area contributed by atoms with E-state index in [0.29, 0.717) is 5.82 Å². The second kappa shape index (κ2) is 10.4. The van der Waals surface area contributed by atoms with E-state index >= 15 is 0 Å². The summed E-state index contributed by atoms with van der Waals surface area (Å²) >= 11 is 0. The average Bonchev–Trinajstić information content (AvgIpc) is 3.12. The molecule has 2 aromatic heterocycles. The van der Waals surface area contributed by atoms with E-state index in [-0.39, 0.29) is 0 Å². The van der Waals surface area contributed by atoms with Crippen LogP contribution in [-0.4, -0.2) is 19.9 Å². The van der Waals surface area contributed by atoms with Gasteiger partial charge in [-0.3, -0.25) is 4.98 Å². The fourth-order valence-electron chi connectivity index (χ4n) is 6.40. The van der Waals surface area contributed by atoms with Gasteiger partial charge in [0.2, 0.25) is 0 Å². The minimum atomic E-state index is 0.674. The third kappa shape index (κ3) is 4.40. The maximum absolute atomic E-state index is 6.31. The Morgan fingerprint density at radius 1 is 0.578 bits per heavy atom. The van der Waals surface area contributed by atoms with Crippen LogP contribution in [0.5, 0.6) is 11.5 Å². The van der Waals surface area contributed by atoms with Crippen molar-refractivity contribution in [1.29, 1.82) is 0 Å². The van der Waals surface area contributed by atoms with E-state index in [1.165, 1.54) is 5.57 Å². The summed E-state index contributed by atoms with van der Waals surface area (Å²) in [5.41, 5.74) is 10.7. The van der Waals surface area contributed by atoms with Crippen LogP contribution >= 0.6 is 0 Å². The van der Waals surface area contributed by atoms with Crippen molar-refractivity contribution < 1.29 is 4.74 Å². The highest BCUT2D eigenvalue weighted by atomic mass is 16.5. The standard InChI is InChI=1S/C40H26N4O/c1-3-10-25(11-4-1)33-23-34(26-12-5-2-6-13-26)44-40(43-33)27-18-20-32-35(22-27)42-36(24-41-32)28-19-21-38-39-30(28)15-9-16-31(39)29-14-7-8-17-37(29)45-38/h1-5,7-12,14-24H,6,13H2. The van der Waals surface area contributed by atoms with Crippen molar-refractivity contribution in [2.45, 2.75) is 12.8 Å². The molecular formula is C40H26N4O. The van der Waals surface area contributed by atoms with Crippen LogP contribution in [0.4, 0.5) is 0 Å². The van der Waals surface area contributed by atoms with E-state index in [2.05, 4.69) is 72.8 Å². The predicted molar refractivity (Wildman–Crippen MR) is 181 cm³/mol. The molecule has 5 nitrogen and oxygen atoms in total. The van der Waals surface area contributed by atoms with Gasteiger partial charge in [-0.2, -0.15) is 0 Å². The van der Waals surface area contributed by atoms with Gasteiger partial charge in [0.1, 0.15) is 11.5 Å². The quantitative estimate of drug-likeness (QED) is 0.208. The highest BCUT2D eigenvalue weighted by molar-refractivity contribution is 6.09. The summed E-state index contributed by atoms with van der Waals surface area (Å²) in [4.78, 5) is 20.1. The number of ether oxygens (including phenoxy) is 1. The molecule has 0 atom stereocenters. The number of benzene rings is 5. The number of aromatic nitrogens is 4. The number of allylic oxidation sites excluding steroid dienone is 4. The van der Waals surface area contributed by atoms with Gasteiger partial charge in [0, 0.05) is 27.6 Å². The number of para-hydroxylation sites is 1. The van der Waals surface area contributed by atoms with Gasteiger partial charge in [0.25, 0.3) is 0 Å². The van der Waals surface area contributed by atoms with Gasteiger partial charge in [0.05, 0.1) is 34.3 Å². The summed E-state index contributed by atoms with van der Waals surface area (Å²) in [5.74, 6) is 2.41. The first-order valence-corrected chi connectivity index (χ1v) is 15.2. The highest BCUT2D eigenvalue weighted by Gasteiger charge is 2.22. The first-order valence-electron chi connectivity index (χ1n) is 15.2. The summed E-state index contributed by atoms with van der Waals surface area (Å²) in [7, 11) is 0. The molecule has 5 heteroatoms. The van der Waals surface area contributed by atoms with Crippen molar-refractivity contribution in [1.82, 2.24) is 19.9 Å². The topological polar surface area (TPSA) is 60.8 Å². The fourth-order valence-corrected chi connectivity index (χ4v) is 6.40. The van der Waals surface area contributed by atoms with Gasteiger partial charge in [0.15, 0.2) is 5.82 Å². The molecule has 0 saturated heterocycles. The van der Waals surface area contributed by atoms with Crippen LogP contribution in [0.25, 0.3) is 72.4 Å². The van der Waals surface area contributed by atoms with E-state index in [0.717, 1.165) is 91.0 Å². The third-order valence-electron chi connectivity index (χ3n) is 8.61. The van der Waals surface area contributed by atoms with Crippen molar-refractivity contribution >= 4 is 27.4 Å². The van der Waals surface area contributed by atoms with Crippen molar-refractivity contribution in [3.8, 4) is 56.5 Å². The SMILES string of the molecule is C1=CCCC(c2cc(-c3ccccc3)nc(-c3ccc4ncc(-c5ccc6c7c(cccc57)-c5ccccc5O6)nc4c3)n2)=C1. The van der Waals surface area contributed by atoms with E-state index in [4.69, 9.17) is 24.7 Å². The molecule has 0 saturated carbocycles. The summed E-state index contributed by atoms with van der Waals surface area (Å²) in [6.45, 7) is 0. The van der Waals surface area contributed by atoms with Crippen LogP contribution in [0.2, 0.25) is 0 Å². The van der Waals surface area contributed by atoms with Crippen LogP contribution in [0.15, 0.2) is 134 Å². The minimum Gasteiger partial charge on any atom is -0.456 e. The molecule has 0 N–H and O–H groups in total. The van der Waals surface area contributed by atoms with E-state index in [9.17, 15) is 0 Å². The molecule has 5 aromatic carbocycles. The zero-order valence-electron chi connectivity index (χ0n) is 24.3. The number of nitrogens with zero attached hydrogens (tertiary/aromatic N) is 4. The van der Waals surface area contributed by atoms with Crippen molar-refractivity contribution in [2.24, 2.45) is 0 Å². The molecule has 0 amide bonds. The van der Waals surface area contributed by atoms with Gasteiger partial charge in [-0.15, -0.1) is 0 Å². The Morgan fingerprint density at radius 2 is 1.44 bits per heavy atom. The van der Waals surface area contributed by atoms with E-state index in [1.807, 2.05) is 60.8 Å². The molecule has 2 aliphatic rings. The van der Waals surface area contributed by atoms with Gasteiger partial charge in [-0.05, 0) is 71.8 Å². The Hall–Kier alpha value is -5.94. The highest BCUT2D eigenvalue weighted by Crippen LogP contribution is 2.48. The molecule has 0 bridgehead atoms. The van der Waals surface area contributed by atoms with Crippen LogP contribution in [-0.2, 0) is 0 Å². The molecule has 1 aliphatic heterocycles. The fraction of sp³-hybridized carbons (Fsp3) is 0.0500. The molecule has 0 fully saturated rings. The molecule has 0 radical (unpaired) electrons. The van der Waals surface area contributed by atoms with Crippen molar-refractivity contribution in [2.75, 3.05) is 0 Å². The maximum Gasteiger partial charge on any atom is 0.160 e. The number of hydrogen-bond donors (Lipinski definition) is 0. The van der Waals surface area contributed by atoms with Crippen molar-refractivity contribution in [3.63, 3.8) is 0 Å². The van der Waals surface area contributed by atoms with E-state index in [1.54, 1.807) is 0 Å². The summed E-state index contributed by atoms with van der Waals surface area (Å²) < 4.78 is 6.31. The molecule has 0 spiro atoms. The lowest BCUT2D eigenvalue weighted by atomic mass is 9.92. The molecule has 7 aromatic rings. The van der Waals surface area contributed by atoms with E-state index < -0.39 is 0 Å². The summed E-state index contributed by atoms with van der Waals surface area (Å²) in [6.07, 6.45) is 10.3. The second-order valence-electron chi connectivity index (χ2n) is 11.4. The molecular weight excluding hydrogens is 552 g/mol. The lowest BCUT2D eigenvalue weighted by Crippen LogP contribution is -2.00. The van der Waals surface area contributed by atoms with Gasteiger partial charge in [-0.1, -0.05) is 85.0 Å². The lowest BCUT2D eigenvalue weighted by molar-refractivity contribution is 0.487. The first kappa shape index (κ1) is 25.5. The minimum absolute atomic E-state index is 0.674. The number of hydrogen-bond acceptors (Lipinski definition) is 5. The summed E-state index contributed by atoms with van der Waals surface area (Å²) in [6, 6.07) is 37.2. The Bertz CT molecular complexity index is 2360. The Kier molecular flexibility index (Phi) is 5.88. The molecule has 0 unspecified atom stereocenters. The third-order valence-corrected chi connectivity index (χ3v) is 8.61. The normalized spacial score (nSPS) is 13.4. The Morgan fingerprint density at radius 3 is 2.36 bits per heavy atom. The number of fused-ring (bicyclic) bond motifs is 3. The predicted octanol–water partition coefficient (Wildman–Crippen LogP) is 10.1. The Labute approximate surface area is 260 Å². The first-order chi connectivity index (χ1) is 22.3. The number of rotatable bonds is 4. The van der Waals surface area contributed by atoms with Crippen LogP contribution in [0.1, 0.15) is 18.5 Å². The van der Waals surface area contributed by atoms with Gasteiger partial charge in [-0.25, -0.2) is 15.0 Å². The molecule has 3 heterocycles. The van der Waals surface area contributed by atoms with Crippen molar-refractivity contribution in [3.05, 3.63) is 139 Å². The smallest absolute Gasteiger partial charge is 0.160 e. The zero-order valence-corrected chi connectivity index (χ0v) is 24.3. The average molecular weight is 579 g/mol. The lowest BCUT2D eigenvalue weighted by Gasteiger charge is -2.22. The van der Waals surface area contributed by atoms with Crippen LogP contribution in [0.3, 0.4) is 0 Å². The molecule has 9 rings (SSSR count). The van der Waals surface area contributed by atoms with Gasteiger partial charge < -0.3 is 4.74 Å². The molecule has 212 valence electrons. The molecule has 45 heavy (non-hydrogen) atoms. The van der Waals surface area contributed by atoms with Crippen LogP contribution in [0, 0.1) is 0 Å².